The normalized spacial score (nSPS) is 13.2. The molecule has 74 valence electrons. The molecule has 1 atom stereocenters. The second-order valence-electron chi connectivity index (χ2n) is 2.82. The lowest BCUT2D eigenvalue weighted by molar-refractivity contribution is 0.186. The summed E-state index contributed by atoms with van der Waals surface area (Å²) in [6.45, 7) is 3.47. The number of rotatable bonds is 5. The van der Waals surface area contributed by atoms with Crippen molar-refractivity contribution >= 4 is 0 Å². The van der Waals surface area contributed by atoms with Crippen LogP contribution in [-0.4, -0.2) is 28.5 Å². The predicted octanol–water partition coefficient (Wildman–Crippen LogP) is 0.334. The Kier molecular flexibility index (Phi) is 3.85. The Balaban J connectivity index is 2.59. The summed E-state index contributed by atoms with van der Waals surface area (Å²) >= 11 is 0. The van der Waals surface area contributed by atoms with Crippen molar-refractivity contribution in [2.24, 2.45) is 5.73 Å². The molecule has 13 heavy (non-hydrogen) atoms. The van der Waals surface area contributed by atoms with Gasteiger partial charge in [-0.1, -0.05) is 0 Å². The Bertz CT molecular complexity index is 248. The van der Waals surface area contributed by atoms with Gasteiger partial charge >= 0.3 is 0 Å². The summed E-state index contributed by atoms with van der Waals surface area (Å²) in [4.78, 5) is 4.11. The minimum Gasteiger partial charge on any atom is -0.385 e. The maximum absolute atomic E-state index is 5.90. The van der Waals surface area contributed by atoms with Crippen LogP contribution in [0.25, 0.3) is 0 Å². The first-order valence-electron chi connectivity index (χ1n) is 4.41. The monoisotopic (exact) mass is 184 g/mol. The molecular weight excluding hydrogens is 168 g/mol. The Morgan fingerprint density at radius 2 is 2.46 bits per heavy atom. The maximum atomic E-state index is 5.90. The molecule has 0 saturated carbocycles. The van der Waals surface area contributed by atoms with Gasteiger partial charge in [0, 0.05) is 20.3 Å². The van der Waals surface area contributed by atoms with Crippen molar-refractivity contribution in [1.82, 2.24) is 14.8 Å². The van der Waals surface area contributed by atoms with Crippen molar-refractivity contribution < 1.29 is 4.74 Å². The molecule has 0 spiro atoms. The van der Waals surface area contributed by atoms with Crippen molar-refractivity contribution in [3.8, 4) is 0 Å². The zero-order chi connectivity index (χ0) is 9.68. The average Bonchev–Trinajstić information content (AvgIpc) is 2.61. The number of nitrogens with zero attached hydrogens (tertiary/aromatic N) is 3. The maximum Gasteiger partial charge on any atom is 0.143 e. The van der Waals surface area contributed by atoms with Crippen LogP contribution in [0.2, 0.25) is 0 Å². The molecule has 0 aliphatic carbocycles. The van der Waals surface area contributed by atoms with E-state index in [0.717, 1.165) is 18.8 Å². The van der Waals surface area contributed by atoms with E-state index < -0.39 is 0 Å². The molecule has 0 saturated heterocycles. The van der Waals surface area contributed by atoms with Crippen LogP contribution in [0.15, 0.2) is 6.33 Å². The summed E-state index contributed by atoms with van der Waals surface area (Å²) in [5.74, 6) is 0.833. The van der Waals surface area contributed by atoms with Gasteiger partial charge in [0.1, 0.15) is 12.2 Å². The van der Waals surface area contributed by atoms with Crippen LogP contribution in [0.3, 0.4) is 0 Å². The van der Waals surface area contributed by atoms with E-state index in [9.17, 15) is 0 Å². The zero-order valence-electron chi connectivity index (χ0n) is 8.10. The van der Waals surface area contributed by atoms with Gasteiger partial charge in [-0.15, -0.1) is 0 Å². The Morgan fingerprint density at radius 1 is 1.69 bits per heavy atom. The molecule has 5 heteroatoms. The lowest BCUT2D eigenvalue weighted by atomic mass is 10.2. The van der Waals surface area contributed by atoms with Gasteiger partial charge in [0.2, 0.25) is 0 Å². The molecule has 1 aromatic heterocycles. The van der Waals surface area contributed by atoms with Gasteiger partial charge in [-0.05, 0) is 13.3 Å². The Labute approximate surface area is 77.9 Å². The van der Waals surface area contributed by atoms with Crippen molar-refractivity contribution in [2.75, 3.05) is 13.7 Å². The van der Waals surface area contributed by atoms with Crippen LogP contribution in [0, 0.1) is 0 Å². The first kappa shape index (κ1) is 10.1. The summed E-state index contributed by atoms with van der Waals surface area (Å²) in [5.41, 5.74) is 5.90. The molecule has 0 fully saturated rings. The van der Waals surface area contributed by atoms with Gasteiger partial charge in [0.25, 0.3) is 0 Å². The molecule has 0 aromatic carbocycles. The van der Waals surface area contributed by atoms with Gasteiger partial charge in [-0.3, -0.25) is 0 Å². The second kappa shape index (κ2) is 4.94. The third kappa shape index (κ3) is 2.50. The molecule has 0 amide bonds. The summed E-state index contributed by atoms with van der Waals surface area (Å²) in [6, 6.07) is -0.0811. The highest BCUT2D eigenvalue weighted by molar-refractivity contribution is 4.92. The number of hydrogen-bond acceptors (Lipinski definition) is 4. The van der Waals surface area contributed by atoms with Crippen molar-refractivity contribution in [1.29, 1.82) is 0 Å². The second-order valence-corrected chi connectivity index (χ2v) is 2.82. The van der Waals surface area contributed by atoms with Gasteiger partial charge in [-0.2, -0.15) is 5.10 Å². The van der Waals surface area contributed by atoms with E-state index in [0.29, 0.717) is 6.61 Å². The van der Waals surface area contributed by atoms with Gasteiger partial charge in [0.15, 0.2) is 0 Å². The van der Waals surface area contributed by atoms with Gasteiger partial charge in [-0.25, -0.2) is 9.67 Å². The molecule has 1 aromatic rings. The fourth-order valence-electron chi connectivity index (χ4n) is 1.18. The van der Waals surface area contributed by atoms with E-state index in [4.69, 9.17) is 10.5 Å². The standard InChI is InChI=1S/C8H16N4O/c1-3-12-8(10-6-11-12)7(9)4-5-13-2/h6-7H,3-5,9H2,1-2H3. The number of ether oxygens (including phenoxy) is 1. The number of aromatic nitrogens is 3. The van der Waals surface area contributed by atoms with Crippen molar-refractivity contribution in [2.45, 2.75) is 25.9 Å². The molecule has 1 unspecified atom stereocenters. The van der Waals surface area contributed by atoms with Crippen molar-refractivity contribution in [3.63, 3.8) is 0 Å². The predicted molar refractivity (Wildman–Crippen MR) is 49.1 cm³/mol. The topological polar surface area (TPSA) is 66.0 Å². The summed E-state index contributed by atoms with van der Waals surface area (Å²) in [7, 11) is 1.66. The molecular formula is C8H16N4O. The van der Waals surface area contributed by atoms with Crippen LogP contribution < -0.4 is 5.73 Å². The minimum absolute atomic E-state index is 0.0811. The van der Waals surface area contributed by atoms with E-state index in [1.54, 1.807) is 11.8 Å². The number of nitrogens with two attached hydrogens (primary N) is 1. The van der Waals surface area contributed by atoms with Crippen LogP contribution in [0.5, 0.6) is 0 Å². The van der Waals surface area contributed by atoms with Gasteiger partial charge in [0.05, 0.1) is 6.04 Å². The molecule has 0 radical (unpaired) electrons. The Hall–Kier alpha value is -0.940. The summed E-state index contributed by atoms with van der Waals surface area (Å²) in [6.07, 6.45) is 2.31. The third-order valence-corrected chi connectivity index (χ3v) is 1.91. The van der Waals surface area contributed by atoms with Crippen LogP contribution >= 0.6 is 0 Å². The summed E-state index contributed by atoms with van der Waals surface area (Å²) in [5, 5.41) is 4.05. The first-order valence-corrected chi connectivity index (χ1v) is 4.41. The fourth-order valence-corrected chi connectivity index (χ4v) is 1.18. The van der Waals surface area contributed by atoms with Crippen molar-refractivity contribution in [3.05, 3.63) is 12.2 Å². The highest BCUT2D eigenvalue weighted by Gasteiger charge is 2.11. The minimum atomic E-state index is -0.0811. The van der Waals surface area contributed by atoms with E-state index >= 15 is 0 Å². The molecule has 0 aliphatic heterocycles. The highest BCUT2D eigenvalue weighted by atomic mass is 16.5. The molecule has 5 nitrogen and oxygen atoms in total. The van der Waals surface area contributed by atoms with E-state index in [1.165, 1.54) is 6.33 Å². The SMILES string of the molecule is CCn1ncnc1C(N)CCOC. The van der Waals surface area contributed by atoms with E-state index in [1.807, 2.05) is 6.92 Å². The van der Waals surface area contributed by atoms with E-state index in [2.05, 4.69) is 10.1 Å². The Morgan fingerprint density at radius 3 is 3.08 bits per heavy atom. The quantitative estimate of drug-likeness (QED) is 0.716. The highest BCUT2D eigenvalue weighted by Crippen LogP contribution is 2.09. The van der Waals surface area contributed by atoms with Gasteiger partial charge < -0.3 is 10.5 Å². The largest absolute Gasteiger partial charge is 0.385 e. The third-order valence-electron chi connectivity index (χ3n) is 1.91. The molecule has 0 bridgehead atoms. The lowest BCUT2D eigenvalue weighted by Gasteiger charge is -2.10. The molecule has 1 heterocycles. The fraction of sp³-hybridized carbons (Fsp3) is 0.750. The lowest BCUT2D eigenvalue weighted by Crippen LogP contribution is -2.18. The summed E-state index contributed by atoms with van der Waals surface area (Å²) < 4.78 is 6.75. The first-order chi connectivity index (χ1) is 6.29. The smallest absolute Gasteiger partial charge is 0.143 e. The number of aryl methyl sites for hydroxylation is 1. The van der Waals surface area contributed by atoms with Crippen LogP contribution in [0.4, 0.5) is 0 Å². The number of methoxy groups -OCH3 is 1. The zero-order valence-corrected chi connectivity index (χ0v) is 8.10. The van der Waals surface area contributed by atoms with E-state index in [-0.39, 0.29) is 6.04 Å². The van der Waals surface area contributed by atoms with Crippen LogP contribution in [-0.2, 0) is 11.3 Å². The average molecular weight is 184 g/mol. The molecule has 0 aliphatic rings. The molecule has 2 N–H and O–H groups in total. The molecule has 1 rings (SSSR count). The number of hydrogen-bond donors (Lipinski definition) is 1. The van der Waals surface area contributed by atoms with Crippen LogP contribution in [0.1, 0.15) is 25.2 Å².